The van der Waals surface area contributed by atoms with Gasteiger partial charge in [0.1, 0.15) is 0 Å². The Morgan fingerprint density at radius 2 is 1.17 bits per heavy atom. The molecule has 9 aromatic rings. The van der Waals surface area contributed by atoms with Crippen LogP contribution in [0.2, 0.25) is 0 Å². The van der Waals surface area contributed by atoms with Gasteiger partial charge in [-0.1, -0.05) is 148 Å². The summed E-state index contributed by atoms with van der Waals surface area (Å²) in [5.74, 6) is 0. The zero-order valence-corrected chi connectivity index (χ0v) is 35.2. The third-order valence-corrected chi connectivity index (χ3v) is 13.9. The van der Waals surface area contributed by atoms with E-state index in [0.29, 0.717) is 0 Å². The molecule has 0 saturated carbocycles. The smallest absolute Gasteiger partial charge is 0.333 e. The third kappa shape index (κ3) is 6.08. The van der Waals surface area contributed by atoms with Crippen molar-refractivity contribution < 1.29 is 0 Å². The highest BCUT2D eigenvalue weighted by molar-refractivity contribution is 7.26. The van der Waals surface area contributed by atoms with E-state index in [1.165, 1.54) is 130 Å². The van der Waals surface area contributed by atoms with E-state index in [1.807, 2.05) is 11.3 Å². The summed E-state index contributed by atoms with van der Waals surface area (Å²) in [7, 11) is 0. The van der Waals surface area contributed by atoms with Gasteiger partial charge in [-0.15, -0.1) is 11.3 Å². The Hall–Kier alpha value is -6.36. The predicted molar refractivity (Wildman–Crippen MR) is 261 cm³/mol. The number of anilines is 5. The average Bonchev–Trinajstić information content (AvgIpc) is 3.70. The number of hydrogen-bond donors (Lipinski definition) is 0. The van der Waals surface area contributed by atoms with Crippen molar-refractivity contribution in [2.24, 2.45) is 0 Å². The molecule has 11 rings (SSSR count). The van der Waals surface area contributed by atoms with Crippen LogP contribution in [0.15, 0.2) is 176 Å². The Kier molecular flexibility index (Phi) is 9.39. The summed E-state index contributed by atoms with van der Waals surface area (Å²) in [6.45, 7) is 4.50. The first-order valence-electron chi connectivity index (χ1n) is 21.8. The van der Waals surface area contributed by atoms with Gasteiger partial charge in [0.15, 0.2) is 0 Å². The first-order chi connectivity index (χ1) is 29.7. The van der Waals surface area contributed by atoms with Gasteiger partial charge in [0.2, 0.25) is 0 Å². The molecule has 0 saturated heterocycles. The van der Waals surface area contributed by atoms with Crippen molar-refractivity contribution in [3.8, 4) is 33.4 Å². The van der Waals surface area contributed by atoms with E-state index < -0.39 is 0 Å². The fourth-order valence-corrected chi connectivity index (χ4v) is 11.0. The molecule has 0 spiro atoms. The summed E-state index contributed by atoms with van der Waals surface area (Å²) in [4.78, 5) is 5.32. The highest BCUT2D eigenvalue weighted by Crippen LogP contribution is 2.52. The first kappa shape index (κ1) is 36.7. The molecule has 2 aliphatic rings. The number of thiophene rings is 1. The molecule has 0 atom stereocenters. The summed E-state index contributed by atoms with van der Waals surface area (Å²) in [5.41, 5.74) is 19.2. The number of unbranched alkanes of at least 4 members (excludes halogenated alkanes) is 2. The summed E-state index contributed by atoms with van der Waals surface area (Å²) < 4.78 is 2.63. The van der Waals surface area contributed by atoms with Crippen molar-refractivity contribution >= 4 is 77.7 Å². The second-order valence-corrected chi connectivity index (χ2v) is 17.6. The average molecular weight is 791 g/mol. The van der Waals surface area contributed by atoms with E-state index in [9.17, 15) is 0 Å². The van der Waals surface area contributed by atoms with Crippen LogP contribution in [0, 0.1) is 0 Å². The molecule has 290 valence electrons. The molecular formula is C56H47BN2S. The van der Waals surface area contributed by atoms with E-state index in [2.05, 4.69) is 199 Å². The monoisotopic (exact) mass is 790 g/mol. The molecule has 3 heterocycles. The zero-order valence-electron chi connectivity index (χ0n) is 34.4. The Morgan fingerprint density at radius 1 is 0.483 bits per heavy atom. The van der Waals surface area contributed by atoms with Crippen LogP contribution in [0.25, 0.3) is 53.6 Å². The highest BCUT2D eigenvalue weighted by atomic mass is 32.1. The lowest BCUT2D eigenvalue weighted by Gasteiger charge is -2.46. The maximum atomic E-state index is 2.67. The molecule has 0 fully saturated rings. The van der Waals surface area contributed by atoms with Gasteiger partial charge >= 0.3 is 6.85 Å². The van der Waals surface area contributed by atoms with Crippen LogP contribution in [-0.4, -0.2) is 6.85 Å². The minimum Gasteiger partial charge on any atom is -0.376 e. The normalized spacial score (nSPS) is 12.8. The van der Waals surface area contributed by atoms with Crippen LogP contribution in [-0.2, 0) is 12.8 Å². The minimum absolute atomic E-state index is 0.0606. The number of hydrogen-bond acceptors (Lipinski definition) is 3. The topological polar surface area (TPSA) is 6.48 Å². The van der Waals surface area contributed by atoms with Gasteiger partial charge in [0, 0.05) is 48.4 Å². The molecule has 2 nitrogen and oxygen atoms in total. The minimum atomic E-state index is -0.0606. The van der Waals surface area contributed by atoms with Crippen molar-refractivity contribution in [1.82, 2.24) is 0 Å². The zero-order chi connectivity index (χ0) is 40.2. The second kappa shape index (κ2) is 15.3. The van der Waals surface area contributed by atoms with Crippen molar-refractivity contribution in [3.63, 3.8) is 0 Å². The first-order valence-corrected chi connectivity index (χ1v) is 22.7. The van der Waals surface area contributed by atoms with Crippen LogP contribution in [0.3, 0.4) is 0 Å². The maximum absolute atomic E-state index is 2.67. The van der Waals surface area contributed by atoms with E-state index in [1.54, 1.807) is 0 Å². The number of nitrogens with zero attached hydrogens (tertiary/aromatic N) is 2. The lowest BCUT2D eigenvalue weighted by Crippen LogP contribution is -2.61. The summed E-state index contributed by atoms with van der Waals surface area (Å²) in [6.07, 6.45) is 6.91. The summed E-state index contributed by atoms with van der Waals surface area (Å²) in [5, 5.41) is 2.64. The van der Waals surface area contributed by atoms with Crippen LogP contribution >= 0.6 is 11.3 Å². The molecule has 2 aliphatic heterocycles. The molecule has 0 radical (unpaired) electrons. The molecule has 0 aliphatic carbocycles. The summed E-state index contributed by atoms with van der Waals surface area (Å²) in [6, 6.07) is 66.8. The van der Waals surface area contributed by atoms with Gasteiger partial charge < -0.3 is 9.71 Å². The molecule has 0 amide bonds. The lowest BCUT2D eigenvalue weighted by atomic mass is 9.43. The Balaban J connectivity index is 1.28. The molecule has 0 N–H and O–H groups in total. The van der Waals surface area contributed by atoms with Gasteiger partial charge in [-0.2, -0.15) is 0 Å². The van der Waals surface area contributed by atoms with E-state index in [0.717, 1.165) is 12.8 Å². The predicted octanol–water partition coefficient (Wildman–Crippen LogP) is 14.8. The van der Waals surface area contributed by atoms with Crippen LogP contribution in [0.4, 0.5) is 28.4 Å². The Bertz CT molecular complexity index is 3020. The number of fused-ring (bicyclic) bond motifs is 8. The molecule has 0 bridgehead atoms. The van der Waals surface area contributed by atoms with E-state index in [-0.39, 0.29) is 6.85 Å². The Labute approximate surface area is 358 Å². The number of benzene rings is 8. The molecule has 8 aromatic carbocycles. The standard InChI is InChI=1S/C56H47BN2S/c1-3-5-17-38-27-30-43(31-28-38)59-50-25-15-13-23-44(50)47-36-42(40-19-9-7-10-20-40)37-51-55(47)57(59)48-32-34-53-54(45-24-14-16-26-52(45)60-53)56(48)58(51)49-33-29-39(18-6-4-2)35-46(49)41-21-11-8-12-22-41/h7-16,19-37H,3-6,17-18H2,1-2H3. The Morgan fingerprint density at radius 3 is 1.95 bits per heavy atom. The quantitative estimate of drug-likeness (QED) is 0.127. The number of para-hydroxylation sites is 1. The number of aryl methyl sites for hydroxylation is 2. The van der Waals surface area contributed by atoms with E-state index in [4.69, 9.17) is 0 Å². The van der Waals surface area contributed by atoms with Gasteiger partial charge in [-0.05, 0) is 125 Å². The largest absolute Gasteiger partial charge is 0.376 e. The van der Waals surface area contributed by atoms with Crippen molar-refractivity contribution in [2.45, 2.75) is 52.4 Å². The highest BCUT2D eigenvalue weighted by Gasteiger charge is 2.46. The molecule has 4 heteroatoms. The van der Waals surface area contributed by atoms with Gasteiger partial charge in [-0.3, -0.25) is 0 Å². The fourth-order valence-electron chi connectivity index (χ4n) is 9.91. The van der Waals surface area contributed by atoms with E-state index >= 15 is 0 Å². The number of rotatable bonds is 10. The summed E-state index contributed by atoms with van der Waals surface area (Å²) >= 11 is 1.90. The molecule has 1 aromatic heterocycles. The molecule has 60 heavy (non-hydrogen) atoms. The van der Waals surface area contributed by atoms with Gasteiger partial charge in [0.05, 0.1) is 11.4 Å². The second-order valence-electron chi connectivity index (χ2n) is 16.5. The fraction of sp³-hybridized carbons (Fsp3) is 0.143. The third-order valence-electron chi connectivity index (χ3n) is 12.8. The van der Waals surface area contributed by atoms with Gasteiger partial charge in [0.25, 0.3) is 0 Å². The van der Waals surface area contributed by atoms with Crippen molar-refractivity contribution in [2.75, 3.05) is 9.71 Å². The van der Waals surface area contributed by atoms with Crippen LogP contribution in [0.5, 0.6) is 0 Å². The van der Waals surface area contributed by atoms with Crippen LogP contribution < -0.4 is 20.6 Å². The maximum Gasteiger partial charge on any atom is 0.333 e. The van der Waals surface area contributed by atoms with Gasteiger partial charge in [-0.25, -0.2) is 0 Å². The molecular weight excluding hydrogens is 744 g/mol. The van der Waals surface area contributed by atoms with Crippen LogP contribution in [0.1, 0.15) is 50.7 Å². The SMILES string of the molecule is CCCCc1ccc(N2B3c4ccc5sc6ccccc6c5c4N(c4ccc(CCCC)cc4-c4ccccc4)c4cc(-c5ccccc5)cc(c43)-c3ccccc32)cc1. The van der Waals surface area contributed by atoms with Crippen molar-refractivity contribution in [1.29, 1.82) is 0 Å². The lowest BCUT2D eigenvalue weighted by molar-refractivity contribution is 0.795. The van der Waals surface area contributed by atoms with Crippen molar-refractivity contribution in [3.05, 3.63) is 187 Å². The molecule has 0 unspecified atom stereocenters.